The van der Waals surface area contributed by atoms with Gasteiger partial charge in [0.25, 0.3) is 0 Å². The van der Waals surface area contributed by atoms with E-state index in [9.17, 15) is 8.42 Å². The lowest BCUT2D eigenvalue weighted by molar-refractivity contribution is 0.482. The molecule has 1 heterocycles. The van der Waals surface area contributed by atoms with Crippen molar-refractivity contribution in [1.29, 1.82) is 0 Å². The Balaban J connectivity index is 1.76. The lowest BCUT2D eigenvalue weighted by Crippen LogP contribution is -2.21. The molecule has 116 valence electrons. The van der Waals surface area contributed by atoms with E-state index in [1.165, 1.54) is 0 Å². The second-order valence-electron chi connectivity index (χ2n) is 5.48. The number of sulfone groups is 1. The molecule has 1 saturated heterocycles. The van der Waals surface area contributed by atoms with Crippen LogP contribution in [0.2, 0.25) is 5.02 Å². The standard InChI is InChI=1S/C17H17ClO3S/c18-14-6-10-16(11-7-14)21-15-8-4-13(5-9-15)17-3-1-2-12-22(17,19)20/h4-11,17H,1-3,12H2. The summed E-state index contributed by atoms with van der Waals surface area (Å²) in [7, 11) is -3.01. The minimum absolute atomic E-state index is 0.292. The number of benzene rings is 2. The average molecular weight is 337 g/mol. The van der Waals surface area contributed by atoms with Crippen LogP contribution >= 0.6 is 11.6 Å². The molecule has 2 aromatic rings. The molecule has 0 aromatic heterocycles. The van der Waals surface area contributed by atoms with Crippen LogP contribution in [0.15, 0.2) is 48.5 Å². The first-order valence-electron chi connectivity index (χ1n) is 7.29. The molecule has 0 amide bonds. The zero-order chi connectivity index (χ0) is 15.6. The Morgan fingerprint density at radius 3 is 2.09 bits per heavy atom. The van der Waals surface area contributed by atoms with Gasteiger partial charge in [-0.15, -0.1) is 0 Å². The fourth-order valence-electron chi connectivity index (χ4n) is 2.72. The summed E-state index contributed by atoms with van der Waals surface area (Å²) in [6.07, 6.45) is 2.45. The minimum Gasteiger partial charge on any atom is -0.457 e. The van der Waals surface area contributed by atoms with Crippen molar-refractivity contribution in [1.82, 2.24) is 0 Å². The second-order valence-corrected chi connectivity index (χ2v) is 8.22. The summed E-state index contributed by atoms with van der Waals surface area (Å²) in [6, 6.07) is 14.4. The van der Waals surface area contributed by atoms with E-state index in [-0.39, 0.29) is 5.25 Å². The van der Waals surface area contributed by atoms with Gasteiger partial charge in [0.1, 0.15) is 11.5 Å². The van der Waals surface area contributed by atoms with E-state index in [2.05, 4.69) is 0 Å². The van der Waals surface area contributed by atoms with E-state index < -0.39 is 9.84 Å². The van der Waals surface area contributed by atoms with Crippen molar-refractivity contribution < 1.29 is 13.2 Å². The van der Waals surface area contributed by atoms with Gasteiger partial charge < -0.3 is 4.74 Å². The molecular weight excluding hydrogens is 320 g/mol. The average Bonchev–Trinajstić information content (AvgIpc) is 2.50. The molecule has 1 fully saturated rings. The minimum atomic E-state index is -3.01. The maximum Gasteiger partial charge on any atom is 0.157 e. The maximum absolute atomic E-state index is 12.1. The van der Waals surface area contributed by atoms with Crippen molar-refractivity contribution in [2.75, 3.05) is 5.75 Å². The Bertz CT molecular complexity index is 736. The highest BCUT2D eigenvalue weighted by molar-refractivity contribution is 7.91. The van der Waals surface area contributed by atoms with Crippen molar-refractivity contribution in [3.63, 3.8) is 0 Å². The van der Waals surface area contributed by atoms with E-state index >= 15 is 0 Å². The molecule has 0 spiro atoms. The number of hydrogen-bond acceptors (Lipinski definition) is 3. The second kappa shape index (κ2) is 6.31. The van der Waals surface area contributed by atoms with E-state index in [1.54, 1.807) is 24.3 Å². The summed E-state index contributed by atoms with van der Waals surface area (Å²) in [5.41, 5.74) is 0.850. The Kier molecular flexibility index (Phi) is 4.41. The highest BCUT2D eigenvalue weighted by atomic mass is 35.5. The van der Waals surface area contributed by atoms with Gasteiger partial charge in [-0.1, -0.05) is 30.2 Å². The van der Waals surface area contributed by atoms with Gasteiger partial charge in [0, 0.05) is 5.02 Å². The van der Waals surface area contributed by atoms with E-state index in [4.69, 9.17) is 16.3 Å². The molecule has 1 atom stereocenters. The van der Waals surface area contributed by atoms with Gasteiger partial charge in [0.15, 0.2) is 9.84 Å². The molecule has 1 aliphatic heterocycles. The van der Waals surface area contributed by atoms with Crippen LogP contribution in [-0.2, 0) is 9.84 Å². The normalized spacial score (nSPS) is 20.5. The van der Waals surface area contributed by atoms with Gasteiger partial charge in [-0.3, -0.25) is 0 Å². The van der Waals surface area contributed by atoms with Crippen molar-refractivity contribution >= 4 is 21.4 Å². The molecule has 0 saturated carbocycles. The molecule has 0 aliphatic carbocycles. The van der Waals surface area contributed by atoms with Gasteiger partial charge in [0.05, 0.1) is 11.0 Å². The Morgan fingerprint density at radius 1 is 0.909 bits per heavy atom. The summed E-state index contributed by atoms with van der Waals surface area (Å²) in [6.45, 7) is 0. The Hall–Kier alpha value is -1.52. The number of hydrogen-bond donors (Lipinski definition) is 0. The summed E-state index contributed by atoms with van der Waals surface area (Å²) < 4.78 is 30.0. The lowest BCUT2D eigenvalue weighted by Gasteiger charge is -2.22. The summed E-state index contributed by atoms with van der Waals surface area (Å²) in [4.78, 5) is 0. The van der Waals surface area contributed by atoms with Gasteiger partial charge >= 0.3 is 0 Å². The first-order valence-corrected chi connectivity index (χ1v) is 9.39. The Labute approximate surface area is 135 Å². The quantitative estimate of drug-likeness (QED) is 0.810. The molecule has 1 aliphatic rings. The number of halogens is 1. The van der Waals surface area contributed by atoms with Crippen molar-refractivity contribution in [3.8, 4) is 11.5 Å². The molecule has 3 rings (SSSR count). The van der Waals surface area contributed by atoms with Crippen LogP contribution in [0.4, 0.5) is 0 Å². The van der Waals surface area contributed by atoms with E-state index in [0.717, 1.165) is 18.4 Å². The first-order chi connectivity index (χ1) is 10.5. The van der Waals surface area contributed by atoms with Crippen molar-refractivity contribution in [2.45, 2.75) is 24.5 Å². The van der Waals surface area contributed by atoms with Crippen LogP contribution in [-0.4, -0.2) is 14.2 Å². The molecule has 0 radical (unpaired) electrons. The molecule has 22 heavy (non-hydrogen) atoms. The predicted molar refractivity (Wildman–Crippen MR) is 88.3 cm³/mol. The van der Waals surface area contributed by atoms with Crippen LogP contribution in [0.5, 0.6) is 11.5 Å². The van der Waals surface area contributed by atoms with E-state index in [1.807, 2.05) is 24.3 Å². The zero-order valence-electron chi connectivity index (χ0n) is 12.0. The van der Waals surface area contributed by atoms with Crippen molar-refractivity contribution in [3.05, 3.63) is 59.1 Å². The Morgan fingerprint density at radius 2 is 1.50 bits per heavy atom. The van der Waals surface area contributed by atoms with Crippen molar-refractivity contribution in [2.24, 2.45) is 0 Å². The van der Waals surface area contributed by atoms with Gasteiger partial charge in [-0.25, -0.2) is 8.42 Å². The van der Waals surface area contributed by atoms with Gasteiger partial charge in [-0.2, -0.15) is 0 Å². The maximum atomic E-state index is 12.1. The summed E-state index contributed by atoms with van der Waals surface area (Å²) in [5, 5.41) is 0.288. The van der Waals surface area contributed by atoms with Crippen LogP contribution in [0, 0.1) is 0 Å². The van der Waals surface area contributed by atoms with E-state index in [0.29, 0.717) is 28.7 Å². The monoisotopic (exact) mass is 336 g/mol. The van der Waals surface area contributed by atoms with Gasteiger partial charge in [0.2, 0.25) is 0 Å². The fraction of sp³-hybridized carbons (Fsp3) is 0.294. The van der Waals surface area contributed by atoms with Crippen LogP contribution in [0.25, 0.3) is 0 Å². The molecule has 0 bridgehead atoms. The number of rotatable bonds is 3. The molecule has 3 nitrogen and oxygen atoms in total. The zero-order valence-corrected chi connectivity index (χ0v) is 13.6. The lowest BCUT2D eigenvalue weighted by atomic mass is 10.1. The smallest absolute Gasteiger partial charge is 0.157 e. The largest absolute Gasteiger partial charge is 0.457 e. The molecule has 1 unspecified atom stereocenters. The van der Waals surface area contributed by atoms with Crippen LogP contribution in [0.3, 0.4) is 0 Å². The molecule has 0 N–H and O–H groups in total. The first kappa shape index (κ1) is 15.4. The summed E-state index contributed by atoms with van der Waals surface area (Å²) >= 11 is 5.84. The third-order valence-electron chi connectivity index (χ3n) is 3.88. The molecule has 5 heteroatoms. The highest BCUT2D eigenvalue weighted by Crippen LogP contribution is 2.34. The molecule has 2 aromatic carbocycles. The third kappa shape index (κ3) is 3.45. The fourth-order valence-corrected chi connectivity index (χ4v) is 4.83. The summed E-state index contributed by atoms with van der Waals surface area (Å²) in [5.74, 6) is 1.67. The third-order valence-corrected chi connectivity index (χ3v) is 6.36. The number of ether oxygens (including phenoxy) is 1. The highest BCUT2D eigenvalue weighted by Gasteiger charge is 2.29. The van der Waals surface area contributed by atoms with Crippen LogP contribution in [0.1, 0.15) is 30.1 Å². The molecular formula is C17H17ClO3S. The predicted octanol–water partition coefficient (Wildman–Crippen LogP) is 4.77. The van der Waals surface area contributed by atoms with Crippen LogP contribution < -0.4 is 4.74 Å². The van der Waals surface area contributed by atoms with Gasteiger partial charge in [-0.05, 0) is 54.8 Å². The topological polar surface area (TPSA) is 43.4 Å². The SMILES string of the molecule is O=S1(=O)CCCCC1c1ccc(Oc2ccc(Cl)cc2)cc1.